The zero-order valence-corrected chi connectivity index (χ0v) is 14.4. The summed E-state index contributed by atoms with van der Waals surface area (Å²) in [7, 11) is 0. The third-order valence-electron chi connectivity index (χ3n) is 5.00. The highest BCUT2D eigenvalue weighted by atomic mass is 16.2. The van der Waals surface area contributed by atoms with Crippen LogP contribution in [0.5, 0.6) is 0 Å². The van der Waals surface area contributed by atoms with Crippen LogP contribution in [0.15, 0.2) is 59.7 Å². The number of carbonyl (C=O) groups is 1. The molecule has 0 aliphatic rings. The predicted molar refractivity (Wildman–Crippen MR) is 105 cm³/mol. The Morgan fingerprint density at radius 2 is 1.64 bits per heavy atom. The Morgan fingerprint density at radius 3 is 2.36 bits per heavy atom. The fourth-order valence-electron chi connectivity index (χ4n) is 3.33. The van der Waals surface area contributed by atoms with E-state index in [1.807, 2.05) is 13.8 Å². The van der Waals surface area contributed by atoms with Gasteiger partial charge in [0.05, 0.1) is 6.21 Å². The Bertz CT molecular complexity index is 1080. The molecule has 0 spiro atoms. The van der Waals surface area contributed by atoms with E-state index >= 15 is 0 Å². The topological polar surface area (TPSA) is 41.5 Å². The van der Waals surface area contributed by atoms with Crippen molar-refractivity contribution in [2.24, 2.45) is 11.0 Å². The molecule has 124 valence electrons. The van der Waals surface area contributed by atoms with Crippen LogP contribution in [0, 0.1) is 5.92 Å². The zero-order chi connectivity index (χ0) is 17.4. The Balaban J connectivity index is 1.81. The molecule has 1 amide bonds. The van der Waals surface area contributed by atoms with Crippen LogP contribution < -0.4 is 5.43 Å². The highest BCUT2D eigenvalue weighted by Gasteiger charge is 2.11. The first kappa shape index (κ1) is 15.6. The van der Waals surface area contributed by atoms with Gasteiger partial charge in [-0.05, 0) is 38.7 Å². The molecule has 0 aliphatic heterocycles. The number of amides is 1. The maximum absolute atomic E-state index is 11.9. The van der Waals surface area contributed by atoms with Gasteiger partial charge in [-0.25, -0.2) is 5.43 Å². The fourth-order valence-corrected chi connectivity index (χ4v) is 3.33. The molecule has 3 nitrogen and oxygen atoms in total. The first-order valence-corrected chi connectivity index (χ1v) is 8.68. The van der Waals surface area contributed by atoms with Crippen molar-refractivity contribution < 1.29 is 4.79 Å². The summed E-state index contributed by atoms with van der Waals surface area (Å²) in [6.45, 7) is 3.90. The first-order valence-electron chi connectivity index (χ1n) is 8.68. The minimum absolute atomic E-state index is 0.0292. The molecule has 3 heteroatoms. The van der Waals surface area contributed by atoms with Crippen LogP contribution in [-0.4, -0.2) is 12.1 Å². The normalized spacial score (nSPS) is 13.2. The number of rotatable bonds is 4. The molecule has 4 rings (SSSR count). The molecule has 0 radical (unpaired) electrons. The van der Waals surface area contributed by atoms with E-state index in [9.17, 15) is 4.79 Å². The van der Waals surface area contributed by atoms with Crippen molar-refractivity contribution in [2.45, 2.75) is 20.3 Å². The Labute approximate surface area is 146 Å². The average molecular weight is 328 g/mol. The van der Waals surface area contributed by atoms with Crippen LogP contribution in [0.25, 0.3) is 32.3 Å². The summed E-state index contributed by atoms with van der Waals surface area (Å²) < 4.78 is 0. The van der Waals surface area contributed by atoms with E-state index in [2.05, 4.69) is 65.1 Å². The van der Waals surface area contributed by atoms with Gasteiger partial charge < -0.3 is 0 Å². The molecule has 0 aliphatic carbocycles. The zero-order valence-electron chi connectivity index (χ0n) is 14.4. The van der Waals surface area contributed by atoms with Gasteiger partial charge in [-0.3, -0.25) is 4.79 Å². The van der Waals surface area contributed by atoms with Crippen molar-refractivity contribution in [2.75, 3.05) is 0 Å². The van der Waals surface area contributed by atoms with Gasteiger partial charge in [0.25, 0.3) is 0 Å². The predicted octanol–water partition coefficient (Wildman–Crippen LogP) is 5.08. The fraction of sp³-hybridized carbons (Fsp3) is 0.182. The van der Waals surface area contributed by atoms with Crippen LogP contribution in [-0.2, 0) is 4.79 Å². The van der Waals surface area contributed by atoms with Gasteiger partial charge in [0.15, 0.2) is 0 Å². The van der Waals surface area contributed by atoms with Gasteiger partial charge in [0, 0.05) is 11.5 Å². The molecule has 4 aromatic rings. The first-order chi connectivity index (χ1) is 12.2. The van der Waals surface area contributed by atoms with Gasteiger partial charge in [0.2, 0.25) is 5.91 Å². The molecule has 0 saturated heterocycles. The summed E-state index contributed by atoms with van der Waals surface area (Å²) >= 11 is 0. The van der Waals surface area contributed by atoms with Gasteiger partial charge in [-0.15, -0.1) is 0 Å². The van der Waals surface area contributed by atoms with Gasteiger partial charge in [0.1, 0.15) is 0 Å². The van der Waals surface area contributed by atoms with Crippen LogP contribution >= 0.6 is 0 Å². The van der Waals surface area contributed by atoms with E-state index in [0.29, 0.717) is 0 Å². The number of nitrogens with zero attached hydrogens (tertiary/aromatic N) is 1. The SMILES string of the molecule is CCC(C)C(=O)N/N=C/c1ccc2ccc3cccc4ccc1c2c34. The minimum atomic E-state index is -0.0449. The summed E-state index contributed by atoms with van der Waals surface area (Å²) in [5.74, 6) is -0.0741. The summed E-state index contributed by atoms with van der Waals surface area (Å²) in [6, 6.07) is 19.2. The average Bonchev–Trinajstić information content (AvgIpc) is 2.66. The van der Waals surface area contributed by atoms with E-state index < -0.39 is 0 Å². The molecule has 25 heavy (non-hydrogen) atoms. The molecule has 0 aromatic heterocycles. The van der Waals surface area contributed by atoms with E-state index in [1.165, 1.54) is 26.9 Å². The third-order valence-corrected chi connectivity index (χ3v) is 5.00. The van der Waals surface area contributed by atoms with Crippen LogP contribution in [0.4, 0.5) is 0 Å². The summed E-state index contributed by atoms with van der Waals surface area (Å²) in [6.07, 6.45) is 2.55. The van der Waals surface area contributed by atoms with Crippen molar-refractivity contribution in [3.05, 3.63) is 60.2 Å². The molecular formula is C22H20N2O. The molecule has 0 saturated carbocycles. The Hall–Kier alpha value is -2.94. The molecule has 1 atom stereocenters. The summed E-state index contributed by atoms with van der Waals surface area (Å²) in [5.41, 5.74) is 3.65. The molecule has 0 bridgehead atoms. The van der Waals surface area contributed by atoms with Crippen LogP contribution in [0.3, 0.4) is 0 Å². The lowest BCUT2D eigenvalue weighted by molar-refractivity contribution is -0.124. The maximum Gasteiger partial charge on any atom is 0.242 e. The van der Waals surface area contributed by atoms with Gasteiger partial charge in [-0.1, -0.05) is 68.4 Å². The van der Waals surface area contributed by atoms with E-state index in [-0.39, 0.29) is 11.8 Å². The number of benzene rings is 4. The minimum Gasteiger partial charge on any atom is -0.273 e. The standard InChI is InChI=1S/C22H20N2O/c1-3-14(2)22(25)24-23-13-18-10-9-17-8-7-15-5-4-6-16-11-12-19(18)21(17)20(15)16/h4-14H,3H2,1-2H3,(H,24,25)/b23-13+. The lowest BCUT2D eigenvalue weighted by atomic mass is 9.92. The Kier molecular flexibility index (Phi) is 3.85. The second-order valence-electron chi connectivity index (χ2n) is 6.55. The molecule has 0 fully saturated rings. The van der Waals surface area contributed by atoms with Crippen LogP contribution in [0.2, 0.25) is 0 Å². The van der Waals surface area contributed by atoms with Gasteiger partial charge in [-0.2, -0.15) is 5.10 Å². The van der Waals surface area contributed by atoms with Crippen molar-refractivity contribution >= 4 is 44.4 Å². The smallest absolute Gasteiger partial charge is 0.242 e. The largest absolute Gasteiger partial charge is 0.273 e. The highest BCUT2D eigenvalue weighted by Crippen LogP contribution is 2.35. The van der Waals surface area contributed by atoms with Crippen molar-refractivity contribution in [3.8, 4) is 0 Å². The number of hydrogen-bond acceptors (Lipinski definition) is 2. The van der Waals surface area contributed by atoms with Crippen LogP contribution in [0.1, 0.15) is 25.8 Å². The van der Waals surface area contributed by atoms with E-state index in [4.69, 9.17) is 0 Å². The maximum atomic E-state index is 11.9. The molecule has 1 unspecified atom stereocenters. The summed E-state index contributed by atoms with van der Waals surface area (Å²) in [5, 5.41) is 11.6. The van der Waals surface area contributed by atoms with E-state index in [0.717, 1.165) is 17.4 Å². The Morgan fingerprint density at radius 1 is 1.00 bits per heavy atom. The summed E-state index contributed by atoms with van der Waals surface area (Å²) in [4.78, 5) is 11.9. The van der Waals surface area contributed by atoms with Crippen molar-refractivity contribution in [1.29, 1.82) is 0 Å². The van der Waals surface area contributed by atoms with Gasteiger partial charge >= 0.3 is 0 Å². The molecular weight excluding hydrogens is 308 g/mol. The van der Waals surface area contributed by atoms with Crippen molar-refractivity contribution in [3.63, 3.8) is 0 Å². The highest BCUT2D eigenvalue weighted by molar-refractivity contribution is 6.25. The quantitative estimate of drug-likeness (QED) is 0.317. The number of hydrazone groups is 1. The molecule has 1 N–H and O–H groups in total. The van der Waals surface area contributed by atoms with Crippen molar-refractivity contribution in [1.82, 2.24) is 5.43 Å². The monoisotopic (exact) mass is 328 g/mol. The second-order valence-corrected chi connectivity index (χ2v) is 6.55. The number of hydrogen-bond donors (Lipinski definition) is 1. The second kappa shape index (κ2) is 6.17. The lowest BCUT2D eigenvalue weighted by Crippen LogP contribution is -2.24. The van der Waals surface area contributed by atoms with E-state index in [1.54, 1.807) is 6.21 Å². The number of carbonyl (C=O) groups excluding carboxylic acids is 1. The molecule has 4 aromatic carbocycles. The number of nitrogens with one attached hydrogen (secondary N) is 1. The molecule has 0 heterocycles. The lowest BCUT2D eigenvalue weighted by Gasteiger charge is -2.12. The third kappa shape index (κ3) is 2.62.